The Balaban J connectivity index is 1.24. The molecule has 0 aliphatic carbocycles. The molecule has 0 bridgehead atoms. The first-order chi connectivity index (χ1) is 14.8. The lowest BCUT2D eigenvalue weighted by atomic mass is 9.90. The monoisotopic (exact) mass is 400 g/mol. The average molecular weight is 401 g/mol. The topological polar surface area (TPSA) is 58.1 Å². The summed E-state index contributed by atoms with van der Waals surface area (Å²) in [5.41, 5.74) is 2.99. The minimum Gasteiger partial charge on any atom is -0.355 e. The molecule has 4 rings (SSSR count). The molecule has 2 heterocycles. The number of aromatic nitrogens is 2. The van der Waals surface area contributed by atoms with Gasteiger partial charge in [0, 0.05) is 19.6 Å². The number of carbonyl (C=O) groups excluding carboxylic acids is 1. The minimum absolute atomic E-state index is 0.174. The maximum atomic E-state index is 12.3. The Labute approximate surface area is 178 Å². The highest BCUT2D eigenvalue weighted by atomic mass is 16.1. The summed E-state index contributed by atoms with van der Waals surface area (Å²) in [5.74, 6) is 1.40. The van der Waals surface area contributed by atoms with Crippen molar-refractivity contribution in [2.24, 2.45) is 5.92 Å². The lowest BCUT2D eigenvalue weighted by Crippen LogP contribution is -2.35. The lowest BCUT2D eigenvalue weighted by molar-refractivity contribution is 0.0948. The van der Waals surface area contributed by atoms with Gasteiger partial charge in [-0.25, -0.2) is 0 Å². The van der Waals surface area contributed by atoms with E-state index >= 15 is 0 Å². The Kier molecular flexibility index (Phi) is 6.70. The Bertz CT molecular complexity index is 920. The summed E-state index contributed by atoms with van der Waals surface area (Å²) in [5, 5.41) is 11.4. The molecule has 1 amide bonds. The zero-order chi connectivity index (χ0) is 20.6. The van der Waals surface area contributed by atoms with Gasteiger partial charge in [-0.2, -0.15) is 0 Å². The van der Waals surface area contributed by atoms with Crippen molar-refractivity contribution in [1.82, 2.24) is 15.5 Å². The predicted octanol–water partition coefficient (Wildman–Crippen LogP) is 3.91. The maximum absolute atomic E-state index is 12.3. The second kappa shape index (κ2) is 10.0. The van der Waals surface area contributed by atoms with Crippen LogP contribution in [0.2, 0.25) is 0 Å². The summed E-state index contributed by atoms with van der Waals surface area (Å²) in [4.78, 5) is 14.6. The van der Waals surface area contributed by atoms with Crippen LogP contribution in [0.3, 0.4) is 0 Å². The van der Waals surface area contributed by atoms with Crippen LogP contribution in [0.5, 0.6) is 0 Å². The Morgan fingerprint density at radius 3 is 2.17 bits per heavy atom. The fourth-order valence-corrected chi connectivity index (χ4v) is 3.98. The molecule has 0 atom stereocenters. The summed E-state index contributed by atoms with van der Waals surface area (Å²) in [6.45, 7) is 2.55. The second-order valence-corrected chi connectivity index (χ2v) is 7.89. The van der Waals surface area contributed by atoms with Gasteiger partial charge in [-0.3, -0.25) is 4.79 Å². The van der Waals surface area contributed by atoms with E-state index < -0.39 is 0 Å². The number of piperidine rings is 1. The molecule has 154 valence electrons. The van der Waals surface area contributed by atoms with Gasteiger partial charge in [0.05, 0.1) is 0 Å². The molecule has 0 saturated carbocycles. The van der Waals surface area contributed by atoms with Crippen LogP contribution in [0.15, 0.2) is 72.8 Å². The molecule has 5 nitrogen and oxygen atoms in total. The molecule has 0 spiro atoms. The van der Waals surface area contributed by atoms with Gasteiger partial charge in [0.15, 0.2) is 11.5 Å². The van der Waals surface area contributed by atoms with E-state index in [2.05, 4.69) is 62.9 Å². The summed E-state index contributed by atoms with van der Waals surface area (Å²) in [6.07, 6.45) is 4.25. The number of carbonyl (C=O) groups is 1. The van der Waals surface area contributed by atoms with Gasteiger partial charge in [0.2, 0.25) is 0 Å². The van der Waals surface area contributed by atoms with E-state index in [0.29, 0.717) is 18.2 Å². The number of rotatable bonds is 7. The highest BCUT2D eigenvalue weighted by Gasteiger charge is 2.21. The Morgan fingerprint density at radius 2 is 1.53 bits per heavy atom. The van der Waals surface area contributed by atoms with Crippen LogP contribution in [-0.2, 0) is 12.8 Å². The zero-order valence-corrected chi connectivity index (χ0v) is 17.2. The average Bonchev–Trinajstić information content (AvgIpc) is 2.81. The molecule has 0 unspecified atom stereocenters. The molecule has 1 saturated heterocycles. The number of nitrogens with zero attached hydrogens (tertiary/aromatic N) is 3. The smallest absolute Gasteiger partial charge is 0.271 e. The second-order valence-electron chi connectivity index (χ2n) is 7.89. The number of amides is 1. The third-order valence-electron chi connectivity index (χ3n) is 5.73. The van der Waals surface area contributed by atoms with Gasteiger partial charge in [0.1, 0.15) is 0 Å². The van der Waals surface area contributed by atoms with Crippen molar-refractivity contribution in [3.8, 4) is 0 Å². The fraction of sp³-hybridized carbons (Fsp3) is 0.320. The van der Waals surface area contributed by atoms with Crippen LogP contribution >= 0.6 is 0 Å². The van der Waals surface area contributed by atoms with E-state index in [9.17, 15) is 4.79 Å². The minimum atomic E-state index is -0.174. The van der Waals surface area contributed by atoms with Gasteiger partial charge in [-0.1, -0.05) is 60.7 Å². The van der Waals surface area contributed by atoms with Crippen LogP contribution in [0, 0.1) is 5.92 Å². The molecule has 1 aliphatic rings. The highest BCUT2D eigenvalue weighted by molar-refractivity contribution is 5.92. The summed E-state index contributed by atoms with van der Waals surface area (Å²) in [6, 6.07) is 24.5. The summed E-state index contributed by atoms with van der Waals surface area (Å²) >= 11 is 0. The van der Waals surface area contributed by atoms with Crippen molar-refractivity contribution >= 4 is 11.7 Å². The van der Waals surface area contributed by atoms with Crippen molar-refractivity contribution in [3.63, 3.8) is 0 Å². The number of anilines is 1. The molecule has 0 radical (unpaired) electrons. The zero-order valence-electron chi connectivity index (χ0n) is 17.2. The molecule has 1 aliphatic heterocycles. The van der Waals surface area contributed by atoms with E-state index in [0.717, 1.165) is 44.6 Å². The van der Waals surface area contributed by atoms with Crippen molar-refractivity contribution in [1.29, 1.82) is 0 Å². The predicted molar refractivity (Wildman–Crippen MR) is 120 cm³/mol. The van der Waals surface area contributed by atoms with Gasteiger partial charge in [-0.05, 0) is 54.9 Å². The normalized spacial score (nSPS) is 14.5. The molecule has 2 aromatic carbocycles. The molecular weight excluding hydrogens is 372 g/mol. The number of hydrogen-bond donors (Lipinski definition) is 1. The first-order valence-corrected chi connectivity index (χ1v) is 10.7. The van der Waals surface area contributed by atoms with Gasteiger partial charge < -0.3 is 10.2 Å². The maximum Gasteiger partial charge on any atom is 0.271 e. The fourth-order valence-electron chi connectivity index (χ4n) is 3.98. The van der Waals surface area contributed by atoms with Gasteiger partial charge in [0.25, 0.3) is 5.91 Å². The number of hydrogen-bond acceptors (Lipinski definition) is 4. The van der Waals surface area contributed by atoms with E-state index in [1.807, 2.05) is 24.3 Å². The lowest BCUT2D eigenvalue weighted by Gasteiger charge is -2.32. The quantitative estimate of drug-likeness (QED) is 0.653. The molecule has 3 aromatic rings. The van der Waals surface area contributed by atoms with E-state index in [1.54, 1.807) is 6.07 Å². The molecule has 30 heavy (non-hydrogen) atoms. The van der Waals surface area contributed by atoms with Crippen LogP contribution in [-0.4, -0.2) is 35.7 Å². The van der Waals surface area contributed by atoms with Crippen molar-refractivity contribution in [2.75, 3.05) is 24.5 Å². The summed E-state index contributed by atoms with van der Waals surface area (Å²) in [7, 11) is 0. The van der Waals surface area contributed by atoms with E-state index in [1.165, 1.54) is 11.1 Å². The number of nitrogens with one attached hydrogen (secondary N) is 1. The Morgan fingerprint density at radius 1 is 0.867 bits per heavy atom. The molecule has 1 fully saturated rings. The first kappa shape index (κ1) is 20.1. The first-order valence-electron chi connectivity index (χ1n) is 10.7. The molecular formula is C25H28N4O. The van der Waals surface area contributed by atoms with Crippen LogP contribution in [0.1, 0.15) is 34.5 Å². The standard InChI is InChI=1S/C25H28N4O/c30-25(26-16-13-20-7-3-1-4-8-20)23-11-12-24(28-27-23)29-17-14-22(15-18-29)19-21-9-5-2-6-10-21/h1-12,22H,13-19H2,(H,26,30). The van der Waals surface area contributed by atoms with Crippen LogP contribution < -0.4 is 10.2 Å². The third kappa shape index (κ3) is 5.44. The summed E-state index contributed by atoms with van der Waals surface area (Å²) < 4.78 is 0. The van der Waals surface area contributed by atoms with Gasteiger partial charge >= 0.3 is 0 Å². The van der Waals surface area contributed by atoms with Gasteiger partial charge in [-0.15, -0.1) is 10.2 Å². The molecule has 1 N–H and O–H groups in total. The third-order valence-corrected chi connectivity index (χ3v) is 5.73. The number of benzene rings is 2. The van der Waals surface area contributed by atoms with Crippen molar-refractivity contribution in [3.05, 3.63) is 89.6 Å². The van der Waals surface area contributed by atoms with Crippen LogP contribution in [0.4, 0.5) is 5.82 Å². The largest absolute Gasteiger partial charge is 0.355 e. The van der Waals surface area contributed by atoms with Crippen molar-refractivity contribution < 1.29 is 4.79 Å². The van der Waals surface area contributed by atoms with E-state index in [-0.39, 0.29) is 5.91 Å². The van der Waals surface area contributed by atoms with Crippen LogP contribution in [0.25, 0.3) is 0 Å². The molecule has 1 aromatic heterocycles. The Hall–Kier alpha value is -3.21. The highest BCUT2D eigenvalue weighted by Crippen LogP contribution is 2.24. The molecule has 5 heteroatoms. The van der Waals surface area contributed by atoms with E-state index in [4.69, 9.17) is 0 Å². The SMILES string of the molecule is O=C(NCCc1ccccc1)c1ccc(N2CCC(Cc3ccccc3)CC2)nn1. The van der Waals surface area contributed by atoms with Crippen molar-refractivity contribution in [2.45, 2.75) is 25.7 Å².